The van der Waals surface area contributed by atoms with E-state index in [0.29, 0.717) is 32.6 Å². The SMILES string of the molecule is NCC1(C(=O)OCc2ccccc2Br)CCOCC1. The van der Waals surface area contributed by atoms with Gasteiger partial charge in [0.25, 0.3) is 0 Å². The molecule has 0 radical (unpaired) electrons. The Hall–Kier alpha value is -0.910. The van der Waals surface area contributed by atoms with E-state index in [2.05, 4.69) is 15.9 Å². The molecule has 0 atom stereocenters. The fraction of sp³-hybridized carbons (Fsp3) is 0.500. The highest BCUT2D eigenvalue weighted by atomic mass is 79.9. The molecule has 19 heavy (non-hydrogen) atoms. The number of carbonyl (C=O) groups excluding carboxylic acids is 1. The summed E-state index contributed by atoms with van der Waals surface area (Å²) in [6, 6.07) is 7.70. The summed E-state index contributed by atoms with van der Waals surface area (Å²) in [5.41, 5.74) is 6.16. The van der Waals surface area contributed by atoms with Gasteiger partial charge in [0.15, 0.2) is 0 Å². The van der Waals surface area contributed by atoms with Crippen LogP contribution in [-0.4, -0.2) is 25.7 Å². The molecule has 1 heterocycles. The number of hydrogen-bond acceptors (Lipinski definition) is 4. The summed E-state index contributed by atoms with van der Waals surface area (Å²) in [7, 11) is 0. The third-order valence-corrected chi connectivity index (χ3v) is 4.36. The molecule has 1 aliphatic heterocycles. The molecule has 0 spiro atoms. The lowest BCUT2D eigenvalue weighted by molar-refractivity contribution is -0.162. The summed E-state index contributed by atoms with van der Waals surface area (Å²) in [4.78, 5) is 12.3. The minimum absolute atomic E-state index is 0.214. The highest BCUT2D eigenvalue weighted by Gasteiger charge is 2.40. The standard InChI is InChI=1S/C14H18BrNO3/c15-12-4-2-1-3-11(12)9-19-13(17)14(10-16)5-7-18-8-6-14/h1-4H,5-10,16H2. The Balaban J connectivity index is 1.98. The Morgan fingerprint density at radius 3 is 2.68 bits per heavy atom. The molecular weight excluding hydrogens is 310 g/mol. The lowest BCUT2D eigenvalue weighted by atomic mass is 9.80. The van der Waals surface area contributed by atoms with Gasteiger partial charge in [-0.3, -0.25) is 4.79 Å². The van der Waals surface area contributed by atoms with E-state index in [9.17, 15) is 4.79 Å². The zero-order chi connectivity index (χ0) is 13.7. The number of benzene rings is 1. The van der Waals surface area contributed by atoms with E-state index in [4.69, 9.17) is 15.2 Å². The minimum Gasteiger partial charge on any atom is -0.460 e. The van der Waals surface area contributed by atoms with Crippen LogP contribution >= 0.6 is 15.9 Å². The molecule has 1 fully saturated rings. The normalized spacial score (nSPS) is 18.0. The van der Waals surface area contributed by atoms with Crippen molar-refractivity contribution in [3.8, 4) is 0 Å². The van der Waals surface area contributed by atoms with E-state index in [1.54, 1.807) is 0 Å². The molecule has 2 rings (SSSR count). The Bertz CT molecular complexity index is 444. The highest BCUT2D eigenvalue weighted by Crippen LogP contribution is 2.31. The molecule has 1 aliphatic rings. The van der Waals surface area contributed by atoms with Crippen molar-refractivity contribution >= 4 is 21.9 Å². The molecule has 1 saturated heterocycles. The summed E-state index contributed by atoms with van der Waals surface area (Å²) in [5, 5.41) is 0. The number of hydrogen-bond donors (Lipinski definition) is 1. The Morgan fingerprint density at radius 2 is 2.05 bits per heavy atom. The zero-order valence-electron chi connectivity index (χ0n) is 10.7. The van der Waals surface area contributed by atoms with Crippen molar-refractivity contribution in [3.05, 3.63) is 34.3 Å². The van der Waals surface area contributed by atoms with Crippen LogP contribution in [0.5, 0.6) is 0 Å². The van der Waals surface area contributed by atoms with Gasteiger partial charge in [-0.15, -0.1) is 0 Å². The summed E-state index contributed by atoms with van der Waals surface area (Å²) in [6.07, 6.45) is 1.27. The molecule has 5 heteroatoms. The first kappa shape index (κ1) is 14.5. The van der Waals surface area contributed by atoms with E-state index >= 15 is 0 Å². The predicted octanol–water partition coefficient (Wildman–Crippen LogP) is 2.25. The third kappa shape index (κ3) is 3.35. The number of rotatable bonds is 4. The second-order valence-corrected chi connectivity index (χ2v) is 5.62. The van der Waals surface area contributed by atoms with E-state index in [-0.39, 0.29) is 12.6 Å². The summed E-state index contributed by atoms with van der Waals surface area (Å²) in [6.45, 7) is 1.72. The molecule has 2 N–H and O–H groups in total. The van der Waals surface area contributed by atoms with Crippen LogP contribution in [0.1, 0.15) is 18.4 Å². The first-order valence-corrected chi connectivity index (χ1v) is 7.16. The molecule has 0 aromatic heterocycles. The van der Waals surface area contributed by atoms with Gasteiger partial charge in [-0.05, 0) is 18.9 Å². The topological polar surface area (TPSA) is 61.6 Å². The van der Waals surface area contributed by atoms with E-state index in [1.165, 1.54) is 0 Å². The van der Waals surface area contributed by atoms with Gasteiger partial charge in [-0.1, -0.05) is 34.1 Å². The Kier molecular flexibility index (Phi) is 4.96. The van der Waals surface area contributed by atoms with Crippen molar-refractivity contribution in [1.82, 2.24) is 0 Å². The van der Waals surface area contributed by atoms with Crippen molar-refractivity contribution < 1.29 is 14.3 Å². The second kappa shape index (κ2) is 6.50. The molecular formula is C14H18BrNO3. The van der Waals surface area contributed by atoms with Gasteiger partial charge in [0.05, 0.1) is 5.41 Å². The zero-order valence-corrected chi connectivity index (χ0v) is 12.3. The van der Waals surface area contributed by atoms with Gasteiger partial charge >= 0.3 is 5.97 Å². The first-order valence-electron chi connectivity index (χ1n) is 6.36. The molecule has 0 saturated carbocycles. The van der Waals surface area contributed by atoms with Crippen LogP contribution in [0.4, 0.5) is 0 Å². The molecule has 0 bridgehead atoms. The maximum absolute atomic E-state index is 12.3. The van der Waals surface area contributed by atoms with Gasteiger partial charge in [-0.2, -0.15) is 0 Å². The average molecular weight is 328 g/mol. The third-order valence-electron chi connectivity index (χ3n) is 3.59. The molecule has 1 aromatic rings. The fourth-order valence-corrected chi connectivity index (χ4v) is 2.56. The Labute approximate surface area is 121 Å². The van der Waals surface area contributed by atoms with Gasteiger partial charge in [0, 0.05) is 29.8 Å². The quantitative estimate of drug-likeness (QED) is 0.861. The summed E-state index contributed by atoms with van der Waals surface area (Å²) >= 11 is 3.44. The molecule has 0 aliphatic carbocycles. The fourth-order valence-electron chi connectivity index (χ4n) is 2.17. The van der Waals surface area contributed by atoms with E-state index in [1.807, 2.05) is 24.3 Å². The van der Waals surface area contributed by atoms with Crippen molar-refractivity contribution in [3.63, 3.8) is 0 Å². The number of halogens is 1. The summed E-state index contributed by atoms with van der Waals surface area (Å²) in [5.74, 6) is -0.214. The highest BCUT2D eigenvalue weighted by molar-refractivity contribution is 9.10. The van der Waals surface area contributed by atoms with Crippen molar-refractivity contribution in [2.45, 2.75) is 19.4 Å². The van der Waals surface area contributed by atoms with Crippen LogP contribution in [0, 0.1) is 5.41 Å². The predicted molar refractivity (Wildman–Crippen MR) is 75.5 cm³/mol. The van der Waals surface area contributed by atoms with Crippen LogP contribution < -0.4 is 5.73 Å². The smallest absolute Gasteiger partial charge is 0.313 e. The van der Waals surface area contributed by atoms with E-state index < -0.39 is 5.41 Å². The average Bonchev–Trinajstić information content (AvgIpc) is 2.46. The van der Waals surface area contributed by atoms with Crippen molar-refractivity contribution in [2.24, 2.45) is 11.1 Å². The van der Waals surface area contributed by atoms with Crippen molar-refractivity contribution in [2.75, 3.05) is 19.8 Å². The number of ether oxygens (including phenoxy) is 2. The number of carbonyl (C=O) groups is 1. The second-order valence-electron chi connectivity index (χ2n) is 4.76. The molecule has 104 valence electrons. The van der Waals surface area contributed by atoms with Gasteiger partial charge < -0.3 is 15.2 Å². The van der Waals surface area contributed by atoms with Crippen molar-refractivity contribution in [1.29, 1.82) is 0 Å². The molecule has 0 amide bonds. The Morgan fingerprint density at radius 1 is 1.37 bits per heavy atom. The number of nitrogens with two attached hydrogens (primary N) is 1. The molecule has 1 aromatic carbocycles. The van der Waals surface area contributed by atoms with E-state index in [0.717, 1.165) is 10.0 Å². The van der Waals surface area contributed by atoms with Crippen LogP contribution in [0.3, 0.4) is 0 Å². The minimum atomic E-state index is -0.570. The molecule has 4 nitrogen and oxygen atoms in total. The largest absolute Gasteiger partial charge is 0.460 e. The molecule has 0 unspecified atom stereocenters. The maximum atomic E-state index is 12.3. The number of esters is 1. The lowest BCUT2D eigenvalue weighted by Gasteiger charge is -2.33. The maximum Gasteiger partial charge on any atom is 0.313 e. The summed E-state index contributed by atoms with van der Waals surface area (Å²) < 4.78 is 11.7. The monoisotopic (exact) mass is 327 g/mol. The van der Waals surface area contributed by atoms with Crippen LogP contribution in [0.15, 0.2) is 28.7 Å². The first-order chi connectivity index (χ1) is 9.18. The lowest BCUT2D eigenvalue weighted by Crippen LogP contribution is -2.44. The van der Waals surface area contributed by atoms with Crippen LogP contribution in [0.2, 0.25) is 0 Å². The van der Waals surface area contributed by atoms with Gasteiger partial charge in [0.2, 0.25) is 0 Å². The van der Waals surface area contributed by atoms with Crippen LogP contribution in [-0.2, 0) is 20.9 Å². The van der Waals surface area contributed by atoms with Crippen LogP contribution in [0.25, 0.3) is 0 Å². The van der Waals surface area contributed by atoms with Gasteiger partial charge in [0.1, 0.15) is 6.61 Å². The van der Waals surface area contributed by atoms with Gasteiger partial charge in [-0.25, -0.2) is 0 Å².